The number of fused-ring (bicyclic) bond motifs is 3. The highest BCUT2D eigenvalue weighted by Gasteiger charge is 2.41. The van der Waals surface area contributed by atoms with Gasteiger partial charge in [-0.3, -0.25) is 4.79 Å². The summed E-state index contributed by atoms with van der Waals surface area (Å²) in [5, 5.41) is 13.3. The molecule has 1 aliphatic heterocycles. The van der Waals surface area contributed by atoms with Gasteiger partial charge in [-0.2, -0.15) is 0 Å². The fraction of sp³-hybridized carbons (Fsp3) is 0.240. The Morgan fingerprint density at radius 3 is 2.59 bits per heavy atom. The highest BCUT2D eigenvalue weighted by atomic mass is 19.2. The molecule has 2 N–H and O–H groups in total. The van der Waals surface area contributed by atoms with Crippen molar-refractivity contribution < 1.29 is 23.5 Å². The number of pyridine rings is 1. The summed E-state index contributed by atoms with van der Waals surface area (Å²) in [6, 6.07) is 10.3. The van der Waals surface area contributed by atoms with Gasteiger partial charge in [-0.25, -0.2) is 18.6 Å². The number of ketones is 1. The number of carboxylic acids is 1. The van der Waals surface area contributed by atoms with Crippen LogP contribution in [0.1, 0.15) is 54.2 Å². The van der Waals surface area contributed by atoms with Gasteiger partial charge in [-0.05, 0) is 53.3 Å². The van der Waals surface area contributed by atoms with Gasteiger partial charge >= 0.3 is 5.97 Å². The van der Waals surface area contributed by atoms with E-state index in [4.69, 9.17) is 0 Å². The molecule has 7 heteroatoms. The van der Waals surface area contributed by atoms with Gasteiger partial charge in [0.15, 0.2) is 17.4 Å². The van der Waals surface area contributed by atoms with E-state index in [1.165, 1.54) is 12.1 Å². The van der Waals surface area contributed by atoms with E-state index in [1.807, 2.05) is 13.8 Å². The van der Waals surface area contributed by atoms with Crippen molar-refractivity contribution in [1.29, 1.82) is 0 Å². The maximum absolute atomic E-state index is 14.2. The van der Waals surface area contributed by atoms with E-state index in [2.05, 4.69) is 10.3 Å². The Bertz CT molecular complexity index is 1360. The van der Waals surface area contributed by atoms with Gasteiger partial charge < -0.3 is 10.4 Å². The Morgan fingerprint density at radius 2 is 1.88 bits per heavy atom. The molecule has 0 spiro atoms. The molecule has 0 radical (unpaired) electrons. The Balaban J connectivity index is 1.81. The van der Waals surface area contributed by atoms with Crippen LogP contribution in [0.3, 0.4) is 0 Å². The molecular weight excluding hydrogens is 414 g/mol. The number of aromatic nitrogens is 1. The maximum atomic E-state index is 14.2. The molecule has 0 amide bonds. The van der Waals surface area contributed by atoms with Crippen LogP contribution < -0.4 is 5.32 Å². The molecule has 1 aliphatic carbocycles. The number of hydrogen-bond acceptors (Lipinski definition) is 4. The summed E-state index contributed by atoms with van der Waals surface area (Å²) in [7, 11) is 0. The number of benzene rings is 2. The molecule has 162 valence electrons. The average Bonchev–Trinajstić information content (AvgIpc) is 2.72. The lowest BCUT2D eigenvalue weighted by molar-refractivity contribution is -0.118. The van der Waals surface area contributed by atoms with Crippen molar-refractivity contribution in [2.45, 2.75) is 32.6 Å². The molecule has 5 rings (SSSR count). The predicted molar refractivity (Wildman–Crippen MR) is 116 cm³/mol. The Hall–Kier alpha value is -3.61. The van der Waals surface area contributed by atoms with Crippen LogP contribution in [0.2, 0.25) is 0 Å². The molecule has 1 atom stereocenters. The molecule has 2 aliphatic rings. The summed E-state index contributed by atoms with van der Waals surface area (Å²) in [6.45, 7) is 4.05. The normalized spacial score (nSPS) is 19.4. The standard InChI is InChI=1S/C25H20F2N2O3/c1-25(2)10-19-23(20(30)11-25)21(12-3-5-14(26)15(27)9-12)22-13-4-6-18(24(31)32)28-16(13)7-8-17(22)29-19/h3-9,21,29H,10-11H2,1-2H3,(H,31,32). The second-order valence-corrected chi connectivity index (χ2v) is 9.16. The predicted octanol–water partition coefficient (Wildman–Crippen LogP) is 5.41. The SMILES string of the molecule is CC1(C)CC(=O)C2=C(C1)Nc1ccc3nc(C(=O)O)ccc3c1C2c1ccc(F)c(F)c1. The van der Waals surface area contributed by atoms with Crippen LogP contribution in [-0.2, 0) is 4.79 Å². The lowest BCUT2D eigenvalue weighted by Gasteiger charge is -2.40. The van der Waals surface area contributed by atoms with E-state index >= 15 is 0 Å². The highest BCUT2D eigenvalue weighted by molar-refractivity contribution is 6.04. The van der Waals surface area contributed by atoms with Crippen molar-refractivity contribution in [2.75, 3.05) is 5.32 Å². The van der Waals surface area contributed by atoms with Crippen LogP contribution in [0.25, 0.3) is 10.9 Å². The number of rotatable bonds is 2. The fourth-order valence-electron chi connectivity index (χ4n) is 4.88. The molecule has 0 saturated carbocycles. The molecule has 0 bridgehead atoms. The Morgan fingerprint density at radius 1 is 1.09 bits per heavy atom. The van der Waals surface area contributed by atoms with Gasteiger partial charge in [0.2, 0.25) is 0 Å². The first-order valence-electron chi connectivity index (χ1n) is 10.3. The number of carboxylic acid groups (broad SMARTS) is 1. The number of halogens is 2. The Kier molecular flexibility index (Phi) is 4.41. The number of nitrogens with one attached hydrogen (secondary N) is 1. The number of nitrogens with zero attached hydrogens (tertiary/aromatic N) is 1. The third-order valence-corrected chi connectivity index (χ3v) is 6.19. The zero-order chi connectivity index (χ0) is 22.8. The van der Waals surface area contributed by atoms with E-state index in [-0.39, 0.29) is 16.9 Å². The lowest BCUT2D eigenvalue weighted by Crippen LogP contribution is -2.34. The number of hydrogen-bond donors (Lipinski definition) is 2. The van der Waals surface area contributed by atoms with Crippen molar-refractivity contribution in [3.05, 3.63) is 82.2 Å². The van der Waals surface area contributed by atoms with Crippen LogP contribution in [-0.4, -0.2) is 21.8 Å². The van der Waals surface area contributed by atoms with Gasteiger partial charge in [-0.15, -0.1) is 0 Å². The van der Waals surface area contributed by atoms with Crippen molar-refractivity contribution in [2.24, 2.45) is 5.41 Å². The number of aromatic carboxylic acids is 1. The van der Waals surface area contributed by atoms with Crippen molar-refractivity contribution in [1.82, 2.24) is 4.98 Å². The minimum atomic E-state index is -1.14. The molecule has 0 fully saturated rings. The van der Waals surface area contributed by atoms with Gasteiger partial charge in [0.1, 0.15) is 5.69 Å². The number of allylic oxidation sites excluding steroid dienone is 2. The van der Waals surface area contributed by atoms with Gasteiger partial charge in [0, 0.05) is 34.7 Å². The zero-order valence-electron chi connectivity index (χ0n) is 17.5. The lowest BCUT2D eigenvalue weighted by atomic mass is 9.68. The van der Waals surface area contributed by atoms with Crippen LogP contribution in [0.4, 0.5) is 14.5 Å². The number of carbonyl (C=O) groups is 2. The second kappa shape index (κ2) is 6.95. The molecule has 1 unspecified atom stereocenters. The minimum absolute atomic E-state index is 0.0451. The van der Waals surface area contributed by atoms with Gasteiger partial charge in [0.05, 0.1) is 5.52 Å². The third-order valence-electron chi connectivity index (χ3n) is 6.19. The molecule has 2 heterocycles. The third kappa shape index (κ3) is 3.16. The van der Waals surface area contributed by atoms with E-state index in [0.717, 1.165) is 23.5 Å². The topological polar surface area (TPSA) is 79.3 Å². The smallest absolute Gasteiger partial charge is 0.354 e. The Labute approximate surface area is 182 Å². The highest BCUT2D eigenvalue weighted by Crippen LogP contribution is 2.50. The molecule has 3 aromatic rings. The summed E-state index contributed by atoms with van der Waals surface area (Å²) in [5.74, 6) is -3.76. The first kappa shape index (κ1) is 20.3. The second-order valence-electron chi connectivity index (χ2n) is 9.16. The summed E-state index contributed by atoms with van der Waals surface area (Å²) in [4.78, 5) is 28.9. The quantitative estimate of drug-likeness (QED) is 0.564. The molecule has 5 nitrogen and oxygen atoms in total. The first-order chi connectivity index (χ1) is 15.1. The zero-order valence-corrected chi connectivity index (χ0v) is 17.5. The first-order valence-corrected chi connectivity index (χ1v) is 10.3. The molecule has 0 saturated heterocycles. The summed E-state index contributed by atoms with van der Waals surface area (Å²) in [6.07, 6.45) is 0.983. The van der Waals surface area contributed by atoms with E-state index in [1.54, 1.807) is 18.2 Å². The van der Waals surface area contributed by atoms with Crippen LogP contribution in [0.15, 0.2) is 53.7 Å². The summed E-state index contributed by atoms with van der Waals surface area (Å²) >= 11 is 0. The monoisotopic (exact) mass is 434 g/mol. The average molecular weight is 434 g/mol. The molecule has 32 heavy (non-hydrogen) atoms. The molecular formula is C25H20F2N2O3. The van der Waals surface area contributed by atoms with E-state index in [9.17, 15) is 23.5 Å². The van der Waals surface area contributed by atoms with Crippen molar-refractivity contribution >= 4 is 28.3 Å². The largest absolute Gasteiger partial charge is 0.477 e. The minimum Gasteiger partial charge on any atom is -0.477 e. The van der Waals surface area contributed by atoms with Crippen molar-refractivity contribution in [3.63, 3.8) is 0 Å². The summed E-state index contributed by atoms with van der Waals surface area (Å²) in [5.41, 5.74) is 3.34. The number of anilines is 1. The maximum Gasteiger partial charge on any atom is 0.354 e. The van der Waals surface area contributed by atoms with Crippen molar-refractivity contribution in [3.8, 4) is 0 Å². The summed E-state index contributed by atoms with van der Waals surface area (Å²) < 4.78 is 28.0. The fourth-order valence-corrected chi connectivity index (χ4v) is 4.88. The van der Waals surface area contributed by atoms with Crippen LogP contribution in [0.5, 0.6) is 0 Å². The van der Waals surface area contributed by atoms with Gasteiger partial charge in [0.25, 0.3) is 0 Å². The van der Waals surface area contributed by atoms with E-state index < -0.39 is 23.5 Å². The molecule has 1 aromatic heterocycles. The van der Waals surface area contributed by atoms with Crippen LogP contribution in [0, 0.1) is 17.0 Å². The van der Waals surface area contributed by atoms with Gasteiger partial charge in [-0.1, -0.05) is 26.0 Å². The van der Waals surface area contributed by atoms with Crippen LogP contribution >= 0.6 is 0 Å². The van der Waals surface area contributed by atoms with E-state index in [0.29, 0.717) is 40.4 Å². The number of Topliss-reactive ketones (excluding diaryl/α,β-unsaturated/α-hetero) is 1. The number of carbonyl (C=O) groups excluding carboxylic acids is 1. The molecule has 2 aromatic carbocycles.